The minimum Gasteiger partial charge on any atom is -0.495 e. The summed E-state index contributed by atoms with van der Waals surface area (Å²) in [5.74, 6) is -3.05. The van der Waals surface area contributed by atoms with Gasteiger partial charge in [0, 0.05) is 44.7 Å². The van der Waals surface area contributed by atoms with Crippen molar-refractivity contribution in [3.63, 3.8) is 0 Å². The predicted octanol–water partition coefficient (Wildman–Crippen LogP) is 1.72. The van der Waals surface area contributed by atoms with Crippen LogP contribution in [0.15, 0.2) is 41.3 Å². The molecule has 0 aliphatic carbocycles. The molecule has 208 valence electrons. The first-order valence-corrected chi connectivity index (χ1v) is 13.7. The summed E-state index contributed by atoms with van der Waals surface area (Å²) in [7, 11) is -1.34. The number of carboxylic acid groups (broad SMARTS) is 1. The number of aliphatic carboxylic acids is 1. The van der Waals surface area contributed by atoms with Gasteiger partial charge in [-0.15, -0.1) is 0 Å². The first-order chi connectivity index (χ1) is 18.5. The average Bonchev–Trinajstić information content (AvgIpc) is 3.18. The third-order valence-corrected chi connectivity index (χ3v) is 8.92. The van der Waals surface area contributed by atoms with Crippen LogP contribution in [0.5, 0.6) is 11.5 Å². The van der Waals surface area contributed by atoms with Crippen molar-refractivity contribution in [1.82, 2.24) is 14.1 Å². The molecule has 4 rings (SSSR count). The number of piperazine rings is 1. The zero-order chi connectivity index (χ0) is 28.5. The predicted molar refractivity (Wildman–Crippen MR) is 137 cm³/mol. The Kier molecular flexibility index (Phi) is 8.14. The summed E-state index contributed by atoms with van der Waals surface area (Å²) in [6.07, 6.45) is -0.529. The second-order valence-corrected chi connectivity index (χ2v) is 11.2. The summed E-state index contributed by atoms with van der Waals surface area (Å²) in [6.45, 7) is 0.109. The smallest absolute Gasteiger partial charge is 0.326 e. The molecule has 1 N–H and O–H groups in total. The molecule has 1 fully saturated rings. The first kappa shape index (κ1) is 28.3. The molecule has 0 unspecified atom stereocenters. The molecule has 2 heterocycles. The molecule has 2 aromatic rings. The van der Waals surface area contributed by atoms with Crippen LogP contribution in [0.3, 0.4) is 0 Å². The van der Waals surface area contributed by atoms with Gasteiger partial charge in [0.1, 0.15) is 22.4 Å². The standard InChI is InChI=1S/C25H26ClN3O9S/c1-37-19-14-21(20(38-2)13-17(19)26)39(35,36)28-11-9-27(10-12-28)22(30)8-7-18(25(33)34)29-23(31)15-5-3-4-6-16(15)24(29)32/h3-6,13-14,18H,7-12H2,1-2H3,(H,33,34)/t18-/m0/s1. The highest BCUT2D eigenvalue weighted by Crippen LogP contribution is 2.36. The summed E-state index contributed by atoms with van der Waals surface area (Å²) >= 11 is 6.09. The van der Waals surface area contributed by atoms with E-state index >= 15 is 0 Å². The minimum absolute atomic E-state index is 0.0110. The molecular formula is C25H26ClN3O9S. The normalized spacial score (nSPS) is 16.7. The van der Waals surface area contributed by atoms with E-state index in [2.05, 4.69) is 0 Å². The largest absolute Gasteiger partial charge is 0.495 e. The number of hydrogen-bond donors (Lipinski definition) is 1. The highest BCUT2D eigenvalue weighted by molar-refractivity contribution is 7.89. The van der Waals surface area contributed by atoms with Crippen molar-refractivity contribution in [2.75, 3.05) is 40.4 Å². The van der Waals surface area contributed by atoms with Gasteiger partial charge in [-0.2, -0.15) is 4.31 Å². The number of fused-ring (bicyclic) bond motifs is 1. The molecule has 0 spiro atoms. The maximum absolute atomic E-state index is 13.3. The van der Waals surface area contributed by atoms with Gasteiger partial charge >= 0.3 is 5.97 Å². The van der Waals surface area contributed by atoms with Crippen LogP contribution >= 0.6 is 11.6 Å². The maximum Gasteiger partial charge on any atom is 0.326 e. The number of rotatable bonds is 9. The van der Waals surface area contributed by atoms with Gasteiger partial charge in [-0.3, -0.25) is 19.3 Å². The summed E-state index contributed by atoms with van der Waals surface area (Å²) in [4.78, 5) is 52.2. The lowest BCUT2D eigenvalue weighted by molar-refractivity contribution is -0.142. The molecule has 3 amide bonds. The fraction of sp³-hybridized carbons (Fsp3) is 0.360. The number of methoxy groups -OCH3 is 2. The number of amides is 3. The number of carbonyl (C=O) groups excluding carboxylic acids is 3. The molecule has 0 radical (unpaired) electrons. The number of hydrogen-bond acceptors (Lipinski definition) is 8. The van der Waals surface area contributed by atoms with E-state index in [-0.39, 0.29) is 71.6 Å². The van der Waals surface area contributed by atoms with Gasteiger partial charge in [-0.05, 0) is 18.6 Å². The highest BCUT2D eigenvalue weighted by atomic mass is 35.5. The number of halogens is 1. The zero-order valence-corrected chi connectivity index (χ0v) is 22.7. The van der Waals surface area contributed by atoms with Crippen LogP contribution in [0.25, 0.3) is 0 Å². The van der Waals surface area contributed by atoms with Crippen molar-refractivity contribution in [1.29, 1.82) is 0 Å². The van der Waals surface area contributed by atoms with Crippen LogP contribution < -0.4 is 9.47 Å². The van der Waals surface area contributed by atoms with Crippen molar-refractivity contribution in [2.24, 2.45) is 0 Å². The van der Waals surface area contributed by atoms with E-state index in [9.17, 15) is 32.7 Å². The van der Waals surface area contributed by atoms with Crippen LogP contribution in [0.1, 0.15) is 33.6 Å². The number of carbonyl (C=O) groups is 4. The Morgan fingerprint density at radius 3 is 2.05 bits per heavy atom. The number of ether oxygens (including phenoxy) is 2. The van der Waals surface area contributed by atoms with E-state index in [0.717, 1.165) is 0 Å². The van der Waals surface area contributed by atoms with Crippen LogP contribution in [0.2, 0.25) is 5.02 Å². The summed E-state index contributed by atoms with van der Waals surface area (Å²) in [5.41, 5.74) is 0.236. The van der Waals surface area contributed by atoms with Crippen LogP contribution in [0, 0.1) is 0 Å². The van der Waals surface area contributed by atoms with Crippen molar-refractivity contribution in [3.8, 4) is 11.5 Å². The molecule has 12 nitrogen and oxygen atoms in total. The molecule has 0 bridgehead atoms. The minimum atomic E-state index is -4.02. The molecule has 39 heavy (non-hydrogen) atoms. The third kappa shape index (κ3) is 5.29. The fourth-order valence-electron chi connectivity index (χ4n) is 4.62. The average molecular weight is 580 g/mol. The quantitative estimate of drug-likeness (QED) is 0.438. The Bertz CT molecular complexity index is 1400. The van der Waals surface area contributed by atoms with Crippen molar-refractivity contribution < 1.29 is 42.2 Å². The molecular weight excluding hydrogens is 554 g/mol. The molecule has 0 saturated carbocycles. The van der Waals surface area contributed by atoms with Gasteiger partial charge in [-0.25, -0.2) is 13.2 Å². The second kappa shape index (κ2) is 11.2. The van der Waals surface area contributed by atoms with E-state index in [0.29, 0.717) is 4.90 Å². The van der Waals surface area contributed by atoms with Gasteiger partial charge in [0.05, 0.1) is 30.4 Å². The van der Waals surface area contributed by atoms with Gasteiger partial charge in [-0.1, -0.05) is 23.7 Å². The van der Waals surface area contributed by atoms with Crippen LogP contribution in [0.4, 0.5) is 0 Å². The van der Waals surface area contributed by atoms with Crippen molar-refractivity contribution >= 4 is 45.3 Å². The summed E-state index contributed by atoms with van der Waals surface area (Å²) in [5, 5.41) is 9.91. The van der Waals surface area contributed by atoms with Gasteiger partial charge in [0.15, 0.2) is 0 Å². The number of sulfonamides is 1. The lowest BCUT2D eigenvalue weighted by Gasteiger charge is -2.34. The van der Waals surface area contributed by atoms with Crippen LogP contribution in [-0.2, 0) is 19.6 Å². The van der Waals surface area contributed by atoms with E-state index in [4.69, 9.17) is 21.1 Å². The Morgan fingerprint density at radius 2 is 1.54 bits per heavy atom. The van der Waals surface area contributed by atoms with Gasteiger partial charge in [0.2, 0.25) is 15.9 Å². The van der Waals surface area contributed by atoms with E-state index < -0.39 is 39.8 Å². The molecule has 14 heteroatoms. The van der Waals surface area contributed by atoms with Gasteiger partial charge < -0.3 is 19.5 Å². The Balaban J connectivity index is 1.40. The van der Waals surface area contributed by atoms with Crippen molar-refractivity contribution in [3.05, 3.63) is 52.5 Å². The number of nitrogens with zero attached hydrogens (tertiary/aromatic N) is 3. The first-order valence-electron chi connectivity index (χ1n) is 11.9. The number of carboxylic acids is 1. The second-order valence-electron chi connectivity index (χ2n) is 8.84. The lowest BCUT2D eigenvalue weighted by Crippen LogP contribution is -2.51. The van der Waals surface area contributed by atoms with Crippen molar-refractivity contribution in [2.45, 2.75) is 23.8 Å². The van der Waals surface area contributed by atoms with Gasteiger partial charge in [0.25, 0.3) is 11.8 Å². The lowest BCUT2D eigenvalue weighted by atomic mass is 10.1. The maximum atomic E-state index is 13.3. The zero-order valence-electron chi connectivity index (χ0n) is 21.1. The third-order valence-electron chi connectivity index (χ3n) is 6.70. The molecule has 1 atom stereocenters. The number of imide groups is 1. The van der Waals surface area contributed by atoms with Crippen LogP contribution in [-0.4, -0.2) is 97.8 Å². The van der Waals surface area contributed by atoms with E-state index in [1.807, 2.05) is 0 Å². The molecule has 1 saturated heterocycles. The van der Waals surface area contributed by atoms with E-state index in [1.165, 1.54) is 47.7 Å². The topological polar surface area (TPSA) is 151 Å². The SMILES string of the molecule is COc1cc(S(=O)(=O)N2CCN(C(=O)CC[C@@H](C(=O)O)N3C(=O)c4ccccc4C3=O)CC2)c(OC)cc1Cl. The Hall–Kier alpha value is -3.68. The summed E-state index contributed by atoms with van der Waals surface area (Å²) in [6, 6.07) is 7.15. The number of benzene rings is 2. The monoisotopic (exact) mass is 579 g/mol. The van der Waals surface area contributed by atoms with E-state index in [1.54, 1.807) is 12.1 Å². The summed E-state index contributed by atoms with van der Waals surface area (Å²) < 4.78 is 38.2. The highest BCUT2D eigenvalue weighted by Gasteiger charge is 2.43. The molecule has 2 aromatic carbocycles. The molecule has 0 aromatic heterocycles. The molecule has 2 aliphatic heterocycles. The fourth-order valence-corrected chi connectivity index (χ4v) is 6.43. The Morgan fingerprint density at radius 1 is 0.974 bits per heavy atom. The Labute approximate surface area is 229 Å². The molecule has 2 aliphatic rings.